The first-order chi connectivity index (χ1) is 16.1. The summed E-state index contributed by atoms with van der Waals surface area (Å²) in [5.74, 6) is 0.551. The zero-order valence-electron chi connectivity index (χ0n) is 18.8. The molecule has 0 unspecified atom stereocenters. The van der Waals surface area contributed by atoms with Crippen molar-refractivity contribution in [2.45, 2.75) is 32.2 Å². The Morgan fingerprint density at radius 3 is 2.48 bits per heavy atom. The summed E-state index contributed by atoms with van der Waals surface area (Å²) < 4.78 is 5.70. The number of amides is 1. The number of ketones is 1. The number of anilines is 2. The molecule has 1 aliphatic carbocycles. The van der Waals surface area contributed by atoms with E-state index in [9.17, 15) is 9.59 Å². The average Bonchev–Trinajstić information content (AvgIpc) is 2.99. The number of hydrogen-bond donors (Lipinski definition) is 1. The van der Waals surface area contributed by atoms with Crippen LogP contribution >= 0.6 is 0 Å². The zero-order valence-corrected chi connectivity index (χ0v) is 18.8. The minimum atomic E-state index is -0.603. The normalized spacial score (nSPS) is 17.6. The highest BCUT2D eigenvalue weighted by atomic mass is 16.5. The Hall–Kier alpha value is -3.86. The van der Waals surface area contributed by atoms with E-state index in [0.717, 1.165) is 41.0 Å². The van der Waals surface area contributed by atoms with Crippen LogP contribution in [-0.4, -0.2) is 18.8 Å². The summed E-state index contributed by atoms with van der Waals surface area (Å²) in [7, 11) is 1.62. The molecule has 5 nitrogen and oxygen atoms in total. The molecule has 1 heterocycles. The van der Waals surface area contributed by atoms with Crippen molar-refractivity contribution in [2.75, 3.05) is 17.3 Å². The molecule has 0 fully saturated rings. The van der Waals surface area contributed by atoms with Gasteiger partial charge in [0, 0.05) is 28.8 Å². The Morgan fingerprint density at radius 1 is 0.970 bits per heavy atom. The SMILES string of the molecule is COc1ccccc1[C@H]1C2=C(CCCC2=O)Nc2ccccc2N1C(=O)c1ccc(C)cc1. The van der Waals surface area contributed by atoms with Gasteiger partial charge in [0.15, 0.2) is 5.78 Å². The smallest absolute Gasteiger partial charge is 0.259 e. The van der Waals surface area contributed by atoms with Crippen LogP contribution in [0.5, 0.6) is 5.75 Å². The lowest BCUT2D eigenvalue weighted by Gasteiger charge is -2.34. The molecular formula is C28H26N2O3. The Kier molecular flexibility index (Phi) is 5.47. The maximum Gasteiger partial charge on any atom is 0.259 e. The van der Waals surface area contributed by atoms with Crippen molar-refractivity contribution in [1.82, 2.24) is 0 Å². The monoisotopic (exact) mass is 438 g/mol. The molecule has 2 aliphatic rings. The van der Waals surface area contributed by atoms with Crippen LogP contribution in [0, 0.1) is 6.92 Å². The van der Waals surface area contributed by atoms with Crippen LogP contribution in [0.3, 0.4) is 0 Å². The number of allylic oxidation sites excluding steroid dienone is 1. The van der Waals surface area contributed by atoms with Crippen LogP contribution in [0.25, 0.3) is 0 Å². The number of nitrogens with one attached hydrogen (secondary N) is 1. The molecule has 5 heteroatoms. The van der Waals surface area contributed by atoms with Gasteiger partial charge in [-0.05, 0) is 50.1 Å². The largest absolute Gasteiger partial charge is 0.496 e. The first-order valence-electron chi connectivity index (χ1n) is 11.2. The number of ether oxygens (including phenoxy) is 1. The number of nitrogens with zero attached hydrogens (tertiary/aromatic N) is 1. The Bertz CT molecular complexity index is 1260. The van der Waals surface area contributed by atoms with Gasteiger partial charge in [0.05, 0.1) is 24.5 Å². The van der Waals surface area contributed by atoms with Gasteiger partial charge < -0.3 is 10.1 Å². The lowest BCUT2D eigenvalue weighted by molar-refractivity contribution is -0.116. The fourth-order valence-electron chi connectivity index (χ4n) is 4.78. The third-order valence-electron chi connectivity index (χ3n) is 6.39. The second kappa shape index (κ2) is 8.58. The predicted molar refractivity (Wildman–Crippen MR) is 130 cm³/mol. The van der Waals surface area contributed by atoms with E-state index in [1.807, 2.05) is 79.7 Å². The summed E-state index contributed by atoms with van der Waals surface area (Å²) in [5, 5.41) is 3.50. The van der Waals surface area contributed by atoms with E-state index in [-0.39, 0.29) is 11.7 Å². The molecule has 1 atom stereocenters. The molecular weight excluding hydrogens is 412 g/mol. The molecule has 5 rings (SSSR count). The molecule has 0 spiro atoms. The topological polar surface area (TPSA) is 58.6 Å². The van der Waals surface area contributed by atoms with E-state index in [1.165, 1.54) is 0 Å². The number of carbonyl (C=O) groups excluding carboxylic acids is 2. The fourth-order valence-corrected chi connectivity index (χ4v) is 4.78. The summed E-state index contributed by atoms with van der Waals surface area (Å²) in [6, 6.07) is 22.3. The Morgan fingerprint density at radius 2 is 1.70 bits per heavy atom. The first-order valence-corrected chi connectivity index (χ1v) is 11.2. The molecule has 0 saturated heterocycles. The average molecular weight is 439 g/mol. The molecule has 1 N–H and O–H groups in total. The fraction of sp³-hybridized carbons (Fsp3) is 0.214. The second-order valence-electron chi connectivity index (χ2n) is 8.50. The standard InChI is InChI=1S/C28H26N2O3/c1-18-14-16-19(17-15-18)28(32)30-23-11-5-4-9-21(23)29-22-10-7-12-24(31)26(22)27(30)20-8-3-6-13-25(20)33-2/h3-6,8-9,11,13-17,27,29H,7,10,12H2,1-2H3/t27-/m0/s1. The maximum atomic E-state index is 14.1. The number of hydrogen-bond acceptors (Lipinski definition) is 4. The quantitative estimate of drug-likeness (QED) is 0.559. The number of Topliss-reactive ketones (excluding diaryl/α,β-unsaturated/α-hetero) is 1. The van der Waals surface area contributed by atoms with Gasteiger partial charge in [-0.25, -0.2) is 0 Å². The summed E-state index contributed by atoms with van der Waals surface area (Å²) in [6.07, 6.45) is 2.01. The van der Waals surface area contributed by atoms with Crippen LogP contribution in [0.4, 0.5) is 11.4 Å². The number of fused-ring (bicyclic) bond motifs is 1. The summed E-state index contributed by atoms with van der Waals surface area (Å²) >= 11 is 0. The molecule has 0 radical (unpaired) electrons. The van der Waals surface area contributed by atoms with E-state index >= 15 is 0 Å². The first kappa shape index (κ1) is 21.0. The van der Waals surface area contributed by atoms with E-state index < -0.39 is 6.04 Å². The second-order valence-corrected chi connectivity index (χ2v) is 8.50. The van der Waals surface area contributed by atoms with E-state index in [4.69, 9.17) is 4.74 Å². The third-order valence-corrected chi connectivity index (χ3v) is 6.39. The maximum absolute atomic E-state index is 14.1. The highest BCUT2D eigenvalue weighted by molar-refractivity contribution is 6.12. The van der Waals surface area contributed by atoms with Crippen molar-refractivity contribution >= 4 is 23.1 Å². The summed E-state index contributed by atoms with van der Waals surface area (Å²) in [6.45, 7) is 1.99. The van der Waals surface area contributed by atoms with Crippen molar-refractivity contribution in [2.24, 2.45) is 0 Å². The lowest BCUT2D eigenvalue weighted by Crippen LogP contribution is -2.38. The van der Waals surface area contributed by atoms with Crippen LogP contribution in [0.2, 0.25) is 0 Å². The van der Waals surface area contributed by atoms with Crippen molar-refractivity contribution in [3.05, 3.63) is 101 Å². The van der Waals surface area contributed by atoms with Crippen LogP contribution in [0.1, 0.15) is 46.8 Å². The minimum absolute atomic E-state index is 0.0640. The van der Waals surface area contributed by atoms with Gasteiger partial charge >= 0.3 is 0 Å². The highest BCUT2D eigenvalue weighted by Gasteiger charge is 2.40. The van der Waals surface area contributed by atoms with Crippen molar-refractivity contribution < 1.29 is 14.3 Å². The predicted octanol–water partition coefficient (Wildman–Crippen LogP) is 5.82. The van der Waals surface area contributed by atoms with Gasteiger partial charge in [0.25, 0.3) is 5.91 Å². The Labute approximate surface area is 193 Å². The minimum Gasteiger partial charge on any atom is -0.496 e. The van der Waals surface area contributed by atoms with Gasteiger partial charge in [-0.2, -0.15) is 0 Å². The van der Waals surface area contributed by atoms with Gasteiger partial charge in [0.2, 0.25) is 0 Å². The molecule has 3 aromatic carbocycles. The molecule has 3 aromatic rings. The summed E-state index contributed by atoms with van der Waals surface area (Å²) in [5.41, 5.74) is 5.53. The van der Waals surface area contributed by atoms with Crippen molar-refractivity contribution in [3.63, 3.8) is 0 Å². The number of carbonyl (C=O) groups is 2. The number of rotatable bonds is 3. The molecule has 33 heavy (non-hydrogen) atoms. The molecule has 0 saturated carbocycles. The van der Waals surface area contributed by atoms with Gasteiger partial charge in [-0.1, -0.05) is 48.0 Å². The molecule has 0 aromatic heterocycles. The van der Waals surface area contributed by atoms with Crippen molar-refractivity contribution in [1.29, 1.82) is 0 Å². The Balaban J connectivity index is 1.80. The van der Waals surface area contributed by atoms with E-state index in [1.54, 1.807) is 12.0 Å². The van der Waals surface area contributed by atoms with Crippen LogP contribution in [-0.2, 0) is 4.79 Å². The number of aryl methyl sites for hydroxylation is 1. The van der Waals surface area contributed by atoms with Crippen molar-refractivity contribution in [3.8, 4) is 5.75 Å². The van der Waals surface area contributed by atoms with E-state index in [2.05, 4.69) is 5.32 Å². The van der Waals surface area contributed by atoms with Gasteiger partial charge in [0.1, 0.15) is 5.75 Å². The van der Waals surface area contributed by atoms with Crippen LogP contribution in [0.15, 0.2) is 84.1 Å². The molecule has 166 valence electrons. The number of benzene rings is 3. The summed E-state index contributed by atoms with van der Waals surface area (Å²) in [4.78, 5) is 29.3. The number of para-hydroxylation sites is 3. The number of methoxy groups -OCH3 is 1. The molecule has 0 bridgehead atoms. The van der Waals surface area contributed by atoms with E-state index in [0.29, 0.717) is 23.3 Å². The lowest BCUT2D eigenvalue weighted by atomic mass is 9.85. The van der Waals surface area contributed by atoms with Gasteiger partial charge in [-0.3, -0.25) is 14.5 Å². The third kappa shape index (κ3) is 3.69. The highest BCUT2D eigenvalue weighted by Crippen LogP contribution is 2.47. The molecule has 1 amide bonds. The zero-order chi connectivity index (χ0) is 22.9. The molecule has 1 aliphatic heterocycles. The van der Waals surface area contributed by atoms with Gasteiger partial charge in [-0.15, -0.1) is 0 Å². The van der Waals surface area contributed by atoms with Crippen LogP contribution < -0.4 is 15.0 Å².